The van der Waals surface area contributed by atoms with Crippen LogP contribution in [0.5, 0.6) is 0 Å². The molecule has 22 heavy (non-hydrogen) atoms. The molecule has 1 saturated heterocycles. The van der Waals surface area contributed by atoms with Crippen LogP contribution in [0, 0.1) is 0 Å². The van der Waals surface area contributed by atoms with Crippen molar-refractivity contribution in [2.75, 3.05) is 19.6 Å². The number of carboxylic acid groups (broad SMARTS) is 1. The highest BCUT2D eigenvalue weighted by molar-refractivity contribution is 5.91. The van der Waals surface area contributed by atoms with Crippen molar-refractivity contribution in [3.8, 4) is 0 Å². The minimum Gasteiger partial charge on any atom is -0.480 e. The van der Waals surface area contributed by atoms with E-state index in [1.807, 2.05) is 0 Å². The number of likely N-dealkylation sites (tertiary alicyclic amines) is 1. The average molecular weight is 314 g/mol. The van der Waals surface area contributed by atoms with Crippen molar-refractivity contribution in [1.29, 1.82) is 0 Å². The monoisotopic (exact) mass is 314 g/mol. The van der Waals surface area contributed by atoms with E-state index in [4.69, 9.17) is 10.8 Å². The second kappa shape index (κ2) is 8.32. The maximum absolute atomic E-state index is 12.1. The molecule has 124 valence electrons. The van der Waals surface area contributed by atoms with Gasteiger partial charge in [0, 0.05) is 6.54 Å². The Bertz CT molecular complexity index is 454. The van der Waals surface area contributed by atoms with Gasteiger partial charge in [0.2, 0.25) is 17.7 Å². The lowest BCUT2D eigenvalue weighted by Gasteiger charge is -2.33. The molecule has 1 aliphatic heterocycles. The van der Waals surface area contributed by atoms with Gasteiger partial charge in [0.05, 0.1) is 13.1 Å². The lowest BCUT2D eigenvalue weighted by atomic mass is 10.0. The summed E-state index contributed by atoms with van der Waals surface area (Å²) in [5.41, 5.74) is 5.12. The van der Waals surface area contributed by atoms with E-state index in [1.54, 1.807) is 0 Å². The van der Waals surface area contributed by atoms with Crippen LogP contribution in [0.3, 0.4) is 0 Å². The predicted molar refractivity (Wildman–Crippen MR) is 76.7 cm³/mol. The highest BCUT2D eigenvalue weighted by atomic mass is 16.4. The fraction of sp³-hybridized carbons (Fsp3) is 0.692. The molecule has 1 aliphatic rings. The zero-order valence-electron chi connectivity index (χ0n) is 12.5. The number of hydrogen-bond donors (Lipinski definition) is 4. The molecule has 0 aromatic rings. The average Bonchev–Trinajstić information content (AvgIpc) is 2.51. The van der Waals surface area contributed by atoms with Gasteiger partial charge >= 0.3 is 5.97 Å². The van der Waals surface area contributed by atoms with E-state index in [0.717, 1.165) is 12.8 Å². The Kier molecular flexibility index (Phi) is 6.77. The van der Waals surface area contributed by atoms with E-state index in [-0.39, 0.29) is 13.1 Å². The van der Waals surface area contributed by atoms with Crippen LogP contribution in [-0.2, 0) is 19.2 Å². The fourth-order valence-electron chi connectivity index (χ4n) is 2.27. The van der Waals surface area contributed by atoms with Crippen LogP contribution in [-0.4, -0.2) is 65.4 Å². The molecule has 1 heterocycles. The van der Waals surface area contributed by atoms with Gasteiger partial charge in [0.25, 0.3) is 0 Å². The highest BCUT2D eigenvalue weighted by Gasteiger charge is 2.31. The van der Waals surface area contributed by atoms with Crippen molar-refractivity contribution in [3.63, 3.8) is 0 Å². The molecule has 9 nitrogen and oxygen atoms in total. The highest BCUT2D eigenvalue weighted by Crippen LogP contribution is 2.17. The molecule has 0 unspecified atom stereocenters. The van der Waals surface area contributed by atoms with E-state index >= 15 is 0 Å². The molecule has 3 amide bonds. The number of rotatable bonds is 6. The predicted octanol–water partition coefficient (Wildman–Crippen LogP) is -1.97. The van der Waals surface area contributed by atoms with E-state index < -0.39 is 35.8 Å². The molecule has 1 rings (SSSR count). The Morgan fingerprint density at radius 2 is 2.00 bits per heavy atom. The van der Waals surface area contributed by atoms with Crippen molar-refractivity contribution in [3.05, 3.63) is 0 Å². The third kappa shape index (κ3) is 4.99. The second-order valence-corrected chi connectivity index (χ2v) is 5.15. The molecule has 1 fully saturated rings. The van der Waals surface area contributed by atoms with Gasteiger partial charge in [0.15, 0.2) is 0 Å². The largest absolute Gasteiger partial charge is 0.480 e. The number of hydrogen-bond acceptors (Lipinski definition) is 5. The van der Waals surface area contributed by atoms with Crippen molar-refractivity contribution in [2.45, 2.75) is 38.3 Å². The van der Waals surface area contributed by atoms with Crippen molar-refractivity contribution < 1.29 is 24.3 Å². The Morgan fingerprint density at radius 1 is 1.32 bits per heavy atom. The van der Waals surface area contributed by atoms with Gasteiger partial charge in [-0.2, -0.15) is 0 Å². The van der Waals surface area contributed by atoms with Crippen LogP contribution in [0.2, 0.25) is 0 Å². The molecule has 0 saturated carbocycles. The topological polar surface area (TPSA) is 142 Å². The number of nitrogens with one attached hydrogen (secondary N) is 2. The lowest BCUT2D eigenvalue weighted by Crippen LogP contribution is -2.53. The zero-order valence-corrected chi connectivity index (χ0v) is 12.5. The summed E-state index contributed by atoms with van der Waals surface area (Å²) in [6, 6.07) is -1.66. The summed E-state index contributed by atoms with van der Waals surface area (Å²) in [4.78, 5) is 47.3. The summed E-state index contributed by atoms with van der Waals surface area (Å²) < 4.78 is 0. The van der Waals surface area contributed by atoms with Crippen LogP contribution >= 0.6 is 0 Å². The summed E-state index contributed by atoms with van der Waals surface area (Å²) >= 11 is 0. The second-order valence-electron chi connectivity index (χ2n) is 5.15. The lowest BCUT2D eigenvalue weighted by molar-refractivity contribution is -0.151. The molecular weight excluding hydrogens is 292 g/mol. The first-order valence-electron chi connectivity index (χ1n) is 7.16. The molecule has 0 aliphatic carbocycles. The molecular formula is C13H22N4O5. The summed E-state index contributed by atoms with van der Waals surface area (Å²) in [6.45, 7) is 1.30. The minimum absolute atomic E-state index is 0.232. The zero-order chi connectivity index (χ0) is 16.7. The number of piperidine rings is 1. The van der Waals surface area contributed by atoms with E-state index in [2.05, 4.69) is 10.6 Å². The quantitative estimate of drug-likeness (QED) is 0.448. The Balaban J connectivity index is 2.48. The van der Waals surface area contributed by atoms with Gasteiger partial charge in [-0.05, 0) is 26.2 Å². The molecule has 0 aromatic heterocycles. The molecule has 2 atom stereocenters. The van der Waals surface area contributed by atoms with Gasteiger partial charge in [-0.3, -0.25) is 14.4 Å². The number of aliphatic carboxylic acids is 1. The maximum Gasteiger partial charge on any atom is 0.326 e. The van der Waals surface area contributed by atoms with Crippen LogP contribution in [0.15, 0.2) is 0 Å². The summed E-state index contributed by atoms with van der Waals surface area (Å²) in [5, 5.41) is 13.9. The number of carbonyl (C=O) groups is 4. The number of carboxylic acids is 1. The molecule has 0 radical (unpaired) electrons. The summed E-state index contributed by atoms with van der Waals surface area (Å²) in [5.74, 6) is -2.49. The van der Waals surface area contributed by atoms with Crippen LogP contribution in [0.4, 0.5) is 0 Å². The van der Waals surface area contributed by atoms with Gasteiger partial charge in [0.1, 0.15) is 12.1 Å². The molecule has 0 aromatic carbocycles. The van der Waals surface area contributed by atoms with E-state index in [1.165, 1.54) is 11.8 Å². The van der Waals surface area contributed by atoms with Crippen molar-refractivity contribution >= 4 is 23.7 Å². The SMILES string of the molecule is C[C@H](NC(=O)CN)C(=O)NCC(=O)N1CCCC[C@H]1C(=O)O. The van der Waals surface area contributed by atoms with E-state index in [9.17, 15) is 19.2 Å². The minimum atomic E-state index is -1.04. The normalized spacial score (nSPS) is 19.2. The number of carbonyl (C=O) groups excluding carboxylic acids is 3. The van der Waals surface area contributed by atoms with Gasteiger partial charge < -0.3 is 26.4 Å². The maximum atomic E-state index is 12.1. The van der Waals surface area contributed by atoms with Crippen LogP contribution < -0.4 is 16.4 Å². The third-order valence-corrected chi connectivity index (χ3v) is 3.48. The molecule has 5 N–H and O–H groups in total. The standard InChI is InChI=1S/C13H22N4O5/c1-8(16-10(18)6-14)12(20)15-7-11(19)17-5-3-2-4-9(17)13(21)22/h8-9H,2-7,14H2,1H3,(H,15,20)(H,16,18)(H,21,22)/t8-,9-/m0/s1. The first kappa shape index (κ1) is 17.9. The van der Waals surface area contributed by atoms with Crippen molar-refractivity contribution in [2.24, 2.45) is 5.73 Å². The third-order valence-electron chi connectivity index (χ3n) is 3.48. The summed E-state index contributed by atoms with van der Waals surface area (Å²) in [6.07, 6.45) is 1.92. The van der Waals surface area contributed by atoms with Gasteiger partial charge in [-0.1, -0.05) is 0 Å². The van der Waals surface area contributed by atoms with Crippen LogP contribution in [0.1, 0.15) is 26.2 Å². The smallest absolute Gasteiger partial charge is 0.326 e. The Hall–Kier alpha value is -2.16. The molecule has 9 heteroatoms. The molecule has 0 spiro atoms. The van der Waals surface area contributed by atoms with Gasteiger partial charge in [-0.25, -0.2) is 4.79 Å². The number of amides is 3. The van der Waals surface area contributed by atoms with Crippen molar-refractivity contribution in [1.82, 2.24) is 15.5 Å². The Labute approximate surface area is 128 Å². The first-order chi connectivity index (χ1) is 10.4. The number of nitrogens with zero attached hydrogens (tertiary/aromatic N) is 1. The summed E-state index contributed by atoms with van der Waals surface area (Å²) in [7, 11) is 0. The van der Waals surface area contributed by atoms with E-state index in [0.29, 0.717) is 13.0 Å². The Morgan fingerprint density at radius 3 is 2.59 bits per heavy atom. The first-order valence-corrected chi connectivity index (χ1v) is 7.16. The fourth-order valence-corrected chi connectivity index (χ4v) is 2.27. The van der Waals surface area contributed by atoms with Gasteiger partial charge in [-0.15, -0.1) is 0 Å². The molecule has 0 bridgehead atoms. The van der Waals surface area contributed by atoms with Crippen LogP contribution in [0.25, 0.3) is 0 Å². The number of nitrogens with two attached hydrogens (primary N) is 1.